The zero-order valence-electron chi connectivity index (χ0n) is 16.6. The molecule has 1 aliphatic heterocycles. The average molecular weight is 428 g/mol. The van der Waals surface area contributed by atoms with E-state index >= 15 is 0 Å². The number of piperidine rings is 1. The molecule has 1 fully saturated rings. The summed E-state index contributed by atoms with van der Waals surface area (Å²) in [4.78, 5) is 0. The molecule has 1 unspecified atom stereocenters. The van der Waals surface area contributed by atoms with Gasteiger partial charge in [0.25, 0.3) is 6.43 Å². The van der Waals surface area contributed by atoms with Gasteiger partial charge in [-0.2, -0.15) is 13.2 Å². The molecule has 2 N–H and O–H groups in total. The van der Waals surface area contributed by atoms with Crippen LogP contribution in [0.2, 0.25) is 0 Å². The highest BCUT2D eigenvalue weighted by molar-refractivity contribution is 5.39. The van der Waals surface area contributed by atoms with Gasteiger partial charge in [0.2, 0.25) is 0 Å². The highest BCUT2D eigenvalue weighted by atomic mass is 19.4. The van der Waals surface area contributed by atoms with Crippen LogP contribution >= 0.6 is 0 Å². The standard InChI is InChI=1S/C22H25F5N2O/c1-30-18-10-9-15(19(21(23)24)22(25,26)27)12-16(18)13-29-17-8-5-11-28-20(17)14-6-3-2-4-7-14/h2-4,6-7,9-10,12,17,19-21,28-29H,5,8,11,13H2,1H3/t17-,19?,20-/m0/s1. The van der Waals surface area contributed by atoms with E-state index in [0.29, 0.717) is 11.3 Å². The minimum atomic E-state index is -5.03. The smallest absolute Gasteiger partial charge is 0.401 e. The Kier molecular flexibility index (Phi) is 7.31. The van der Waals surface area contributed by atoms with Gasteiger partial charge in [0.1, 0.15) is 11.7 Å². The second-order valence-electron chi connectivity index (χ2n) is 7.40. The van der Waals surface area contributed by atoms with Crippen molar-refractivity contribution in [3.63, 3.8) is 0 Å². The maximum absolute atomic E-state index is 13.2. The minimum Gasteiger partial charge on any atom is -0.496 e. The van der Waals surface area contributed by atoms with Crippen LogP contribution in [0.1, 0.15) is 41.5 Å². The molecule has 0 aromatic heterocycles. The van der Waals surface area contributed by atoms with Crippen molar-refractivity contribution in [3.05, 3.63) is 65.2 Å². The van der Waals surface area contributed by atoms with Crippen LogP contribution in [-0.4, -0.2) is 32.3 Å². The van der Waals surface area contributed by atoms with Crippen molar-refractivity contribution < 1.29 is 26.7 Å². The molecule has 0 aliphatic carbocycles. The third-order valence-corrected chi connectivity index (χ3v) is 5.44. The molecule has 3 rings (SSSR count). The Balaban J connectivity index is 1.81. The van der Waals surface area contributed by atoms with Gasteiger partial charge in [0, 0.05) is 24.2 Å². The summed E-state index contributed by atoms with van der Waals surface area (Å²) < 4.78 is 71.0. The van der Waals surface area contributed by atoms with Crippen LogP contribution in [0, 0.1) is 0 Å². The third-order valence-electron chi connectivity index (χ3n) is 5.44. The van der Waals surface area contributed by atoms with Gasteiger partial charge in [0.05, 0.1) is 7.11 Å². The lowest BCUT2D eigenvalue weighted by Crippen LogP contribution is -2.45. The molecule has 1 aliphatic rings. The van der Waals surface area contributed by atoms with Crippen LogP contribution in [0.3, 0.4) is 0 Å². The van der Waals surface area contributed by atoms with E-state index in [1.54, 1.807) is 0 Å². The molecule has 3 nitrogen and oxygen atoms in total. The molecule has 0 radical (unpaired) electrons. The number of benzene rings is 2. The second-order valence-corrected chi connectivity index (χ2v) is 7.40. The Morgan fingerprint density at radius 2 is 1.87 bits per heavy atom. The molecular weight excluding hydrogens is 403 g/mol. The van der Waals surface area contributed by atoms with Gasteiger partial charge < -0.3 is 15.4 Å². The molecule has 30 heavy (non-hydrogen) atoms. The number of rotatable bonds is 7. The number of halogens is 5. The molecule has 0 amide bonds. The fraction of sp³-hybridized carbons (Fsp3) is 0.455. The number of hydrogen-bond donors (Lipinski definition) is 2. The van der Waals surface area contributed by atoms with E-state index in [1.165, 1.54) is 19.2 Å². The van der Waals surface area contributed by atoms with Crippen molar-refractivity contribution in [1.29, 1.82) is 0 Å². The molecule has 1 heterocycles. The van der Waals surface area contributed by atoms with E-state index in [2.05, 4.69) is 10.6 Å². The van der Waals surface area contributed by atoms with Crippen LogP contribution < -0.4 is 15.4 Å². The summed E-state index contributed by atoms with van der Waals surface area (Å²) in [6, 6.07) is 13.5. The van der Waals surface area contributed by atoms with Crippen LogP contribution in [0.15, 0.2) is 48.5 Å². The van der Waals surface area contributed by atoms with E-state index in [0.717, 1.165) is 31.0 Å². The molecule has 164 valence electrons. The Morgan fingerprint density at radius 3 is 2.50 bits per heavy atom. The zero-order valence-corrected chi connectivity index (χ0v) is 16.6. The van der Waals surface area contributed by atoms with E-state index in [4.69, 9.17) is 4.74 Å². The summed E-state index contributed by atoms with van der Waals surface area (Å²) in [7, 11) is 1.40. The van der Waals surface area contributed by atoms with Crippen molar-refractivity contribution in [1.82, 2.24) is 10.6 Å². The summed E-state index contributed by atoms with van der Waals surface area (Å²) in [5.41, 5.74) is 1.07. The lowest BCUT2D eigenvalue weighted by molar-refractivity contribution is -0.178. The first-order valence-corrected chi connectivity index (χ1v) is 9.84. The summed E-state index contributed by atoms with van der Waals surface area (Å²) in [5.74, 6) is -2.46. The molecule has 0 saturated carbocycles. The van der Waals surface area contributed by atoms with E-state index < -0.39 is 24.1 Å². The van der Waals surface area contributed by atoms with E-state index in [-0.39, 0.29) is 18.6 Å². The normalized spacial score (nSPS) is 20.9. The molecule has 3 atom stereocenters. The predicted molar refractivity (Wildman–Crippen MR) is 105 cm³/mol. The maximum Gasteiger partial charge on any atom is 0.401 e. The van der Waals surface area contributed by atoms with Gasteiger partial charge in [-0.25, -0.2) is 8.78 Å². The topological polar surface area (TPSA) is 33.3 Å². The summed E-state index contributed by atoms with van der Waals surface area (Å²) in [6.45, 7) is 1.08. The fourth-order valence-corrected chi connectivity index (χ4v) is 3.97. The van der Waals surface area contributed by atoms with Crippen LogP contribution in [0.25, 0.3) is 0 Å². The third kappa shape index (κ3) is 5.29. The van der Waals surface area contributed by atoms with Gasteiger partial charge in [-0.1, -0.05) is 36.4 Å². The Morgan fingerprint density at radius 1 is 1.13 bits per heavy atom. The lowest BCUT2D eigenvalue weighted by Gasteiger charge is -2.34. The monoisotopic (exact) mass is 428 g/mol. The van der Waals surface area contributed by atoms with Crippen molar-refractivity contribution in [2.24, 2.45) is 0 Å². The lowest BCUT2D eigenvalue weighted by atomic mass is 9.92. The van der Waals surface area contributed by atoms with Crippen molar-refractivity contribution >= 4 is 0 Å². The van der Waals surface area contributed by atoms with Gasteiger partial charge in [-0.15, -0.1) is 0 Å². The second kappa shape index (κ2) is 9.75. The van der Waals surface area contributed by atoms with Gasteiger partial charge in [-0.3, -0.25) is 0 Å². The molecule has 1 saturated heterocycles. The highest BCUT2D eigenvalue weighted by Gasteiger charge is 2.47. The maximum atomic E-state index is 13.2. The SMILES string of the molecule is COc1ccc(C(C(F)F)C(F)(F)F)cc1CN[C@H]1CCCN[C@H]1c1ccccc1. The average Bonchev–Trinajstić information content (AvgIpc) is 2.72. The first-order chi connectivity index (χ1) is 14.3. The fourth-order valence-electron chi connectivity index (χ4n) is 3.97. The first-order valence-electron chi connectivity index (χ1n) is 9.84. The molecule has 2 aromatic carbocycles. The largest absolute Gasteiger partial charge is 0.496 e. The zero-order chi connectivity index (χ0) is 21.7. The number of hydrogen-bond acceptors (Lipinski definition) is 3. The minimum absolute atomic E-state index is 0.0445. The van der Waals surface area contributed by atoms with Crippen molar-refractivity contribution in [2.45, 2.75) is 50.0 Å². The molecule has 0 spiro atoms. The highest BCUT2D eigenvalue weighted by Crippen LogP contribution is 2.40. The quantitative estimate of drug-likeness (QED) is 0.596. The van der Waals surface area contributed by atoms with Crippen molar-refractivity contribution in [2.75, 3.05) is 13.7 Å². The summed E-state index contributed by atoms with van der Waals surface area (Å²) in [6.07, 6.45) is -6.72. The molecule has 8 heteroatoms. The Hall–Kier alpha value is -2.19. The van der Waals surface area contributed by atoms with Crippen molar-refractivity contribution in [3.8, 4) is 5.75 Å². The number of alkyl halides is 5. The van der Waals surface area contributed by atoms with Gasteiger partial charge in [0.15, 0.2) is 0 Å². The van der Waals surface area contributed by atoms with Crippen LogP contribution in [0.5, 0.6) is 5.75 Å². The summed E-state index contributed by atoms with van der Waals surface area (Å²) in [5, 5.41) is 6.86. The Labute approximate surface area is 172 Å². The van der Waals surface area contributed by atoms with E-state index in [9.17, 15) is 22.0 Å². The van der Waals surface area contributed by atoms with Crippen LogP contribution in [-0.2, 0) is 6.54 Å². The summed E-state index contributed by atoms with van der Waals surface area (Å²) >= 11 is 0. The van der Waals surface area contributed by atoms with E-state index in [1.807, 2.05) is 30.3 Å². The molecule has 2 aromatic rings. The predicted octanol–water partition coefficient (Wildman–Crippen LogP) is 5.19. The van der Waals surface area contributed by atoms with Gasteiger partial charge in [-0.05, 0) is 42.6 Å². The van der Waals surface area contributed by atoms with Gasteiger partial charge >= 0.3 is 6.18 Å². The number of methoxy groups -OCH3 is 1. The number of nitrogens with one attached hydrogen (secondary N) is 2. The first kappa shape index (κ1) is 22.5. The number of ether oxygens (including phenoxy) is 1. The molecule has 0 bridgehead atoms. The Bertz CT molecular complexity index is 813. The molecular formula is C22H25F5N2O. The van der Waals surface area contributed by atoms with Crippen LogP contribution in [0.4, 0.5) is 22.0 Å².